The van der Waals surface area contributed by atoms with Gasteiger partial charge in [-0.25, -0.2) is 0 Å². The van der Waals surface area contributed by atoms with Gasteiger partial charge in [-0.05, 0) is 69.7 Å². The van der Waals surface area contributed by atoms with Crippen LogP contribution in [0.15, 0.2) is 24.4 Å². The number of nitrogens with zero attached hydrogens (tertiary/aromatic N) is 4. The lowest BCUT2D eigenvalue weighted by atomic mass is 9.72. The second-order valence-electron chi connectivity index (χ2n) is 9.13. The molecule has 158 valence electrons. The highest BCUT2D eigenvalue weighted by Gasteiger charge is 2.42. The van der Waals surface area contributed by atoms with Gasteiger partial charge in [-0.15, -0.1) is 0 Å². The molecule has 0 saturated carbocycles. The Morgan fingerprint density at radius 3 is 2.59 bits per heavy atom. The van der Waals surface area contributed by atoms with Crippen LogP contribution in [0.1, 0.15) is 51.1 Å². The maximum Gasteiger partial charge on any atom is 0.239 e. The third-order valence-electron chi connectivity index (χ3n) is 7.29. The Kier molecular flexibility index (Phi) is 6.18. The Balaban J connectivity index is 1.31. The number of aromatic nitrogens is 1. The highest BCUT2D eigenvalue weighted by Crippen LogP contribution is 2.40. The molecule has 6 nitrogen and oxygen atoms in total. The number of piperidine rings is 2. The molecule has 1 spiro atoms. The summed E-state index contributed by atoms with van der Waals surface area (Å²) >= 11 is 0. The first-order valence-corrected chi connectivity index (χ1v) is 11.3. The number of rotatable bonds is 5. The predicted octanol–water partition coefficient (Wildman–Crippen LogP) is 2.34. The molecule has 0 aromatic carbocycles. The summed E-state index contributed by atoms with van der Waals surface area (Å²) in [5.41, 5.74) is 1.27. The Morgan fingerprint density at radius 2 is 1.90 bits per heavy atom. The molecule has 3 aliphatic rings. The molecule has 1 aromatic rings. The monoisotopic (exact) mass is 398 g/mol. The van der Waals surface area contributed by atoms with E-state index < -0.39 is 0 Å². The molecule has 0 radical (unpaired) electrons. The second kappa shape index (κ2) is 8.82. The minimum atomic E-state index is -0.0177. The van der Waals surface area contributed by atoms with Gasteiger partial charge in [0.05, 0.1) is 6.04 Å². The van der Waals surface area contributed by atoms with Crippen molar-refractivity contribution in [3.63, 3.8) is 0 Å². The molecule has 0 unspecified atom stereocenters. The van der Waals surface area contributed by atoms with Crippen molar-refractivity contribution in [2.24, 2.45) is 5.41 Å². The quantitative estimate of drug-likeness (QED) is 0.764. The van der Waals surface area contributed by atoms with Gasteiger partial charge < -0.3 is 9.80 Å². The van der Waals surface area contributed by atoms with E-state index in [4.69, 9.17) is 0 Å². The Labute approximate surface area is 174 Å². The van der Waals surface area contributed by atoms with Crippen molar-refractivity contribution in [2.75, 3.05) is 39.3 Å². The van der Waals surface area contributed by atoms with Crippen molar-refractivity contribution < 1.29 is 9.59 Å². The lowest BCUT2D eigenvalue weighted by Crippen LogP contribution is -2.55. The van der Waals surface area contributed by atoms with E-state index in [2.05, 4.69) is 21.7 Å². The molecular formula is C23H34N4O2. The van der Waals surface area contributed by atoms with E-state index in [1.807, 2.05) is 29.3 Å². The number of carbonyl (C=O) groups is 2. The summed E-state index contributed by atoms with van der Waals surface area (Å²) in [4.78, 5) is 36.1. The normalized spacial score (nSPS) is 23.6. The molecule has 6 heteroatoms. The molecule has 3 fully saturated rings. The SMILES string of the molecule is C[C@H](C(=O)N1CCCC1)N1CCC2(CCC(=O)N(CCc3ccccn3)C2)CC1. The third kappa shape index (κ3) is 4.63. The van der Waals surface area contributed by atoms with Crippen LogP contribution in [0, 0.1) is 5.41 Å². The Morgan fingerprint density at radius 1 is 1.14 bits per heavy atom. The van der Waals surface area contributed by atoms with Gasteiger partial charge in [-0.2, -0.15) is 0 Å². The van der Waals surface area contributed by atoms with Gasteiger partial charge >= 0.3 is 0 Å². The molecule has 29 heavy (non-hydrogen) atoms. The van der Waals surface area contributed by atoms with Crippen molar-refractivity contribution in [1.29, 1.82) is 0 Å². The first-order valence-electron chi connectivity index (χ1n) is 11.3. The number of hydrogen-bond donors (Lipinski definition) is 0. The molecule has 3 saturated heterocycles. The lowest BCUT2D eigenvalue weighted by Gasteiger charge is -2.48. The van der Waals surface area contributed by atoms with Crippen LogP contribution in [-0.4, -0.2) is 76.8 Å². The summed E-state index contributed by atoms with van der Waals surface area (Å²) < 4.78 is 0. The number of likely N-dealkylation sites (tertiary alicyclic amines) is 3. The molecule has 3 aliphatic heterocycles. The van der Waals surface area contributed by atoms with Crippen LogP contribution in [0.25, 0.3) is 0 Å². The summed E-state index contributed by atoms with van der Waals surface area (Å²) in [6.07, 6.45) is 8.73. The molecule has 4 rings (SSSR count). The summed E-state index contributed by atoms with van der Waals surface area (Å²) in [6.45, 7) is 7.46. The van der Waals surface area contributed by atoms with Crippen LogP contribution in [0.4, 0.5) is 0 Å². The number of hydrogen-bond acceptors (Lipinski definition) is 4. The number of amides is 2. The van der Waals surface area contributed by atoms with Crippen LogP contribution in [0.5, 0.6) is 0 Å². The molecule has 0 aliphatic carbocycles. The van der Waals surface area contributed by atoms with E-state index >= 15 is 0 Å². The fraction of sp³-hybridized carbons (Fsp3) is 0.696. The number of carbonyl (C=O) groups excluding carboxylic acids is 2. The minimum absolute atomic E-state index is 0.0177. The number of pyridine rings is 1. The van der Waals surface area contributed by atoms with Crippen molar-refractivity contribution in [3.05, 3.63) is 30.1 Å². The van der Waals surface area contributed by atoms with Crippen molar-refractivity contribution >= 4 is 11.8 Å². The van der Waals surface area contributed by atoms with E-state index in [1.54, 1.807) is 0 Å². The average Bonchev–Trinajstić information content (AvgIpc) is 3.30. The molecular weight excluding hydrogens is 364 g/mol. The maximum absolute atomic E-state index is 12.8. The van der Waals surface area contributed by atoms with Crippen LogP contribution >= 0.6 is 0 Å². The van der Waals surface area contributed by atoms with Gasteiger partial charge in [0, 0.05) is 50.9 Å². The van der Waals surface area contributed by atoms with Crippen LogP contribution < -0.4 is 0 Å². The first kappa shape index (κ1) is 20.3. The maximum atomic E-state index is 12.8. The van der Waals surface area contributed by atoms with Gasteiger partial charge in [0.1, 0.15) is 0 Å². The zero-order valence-electron chi connectivity index (χ0n) is 17.7. The minimum Gasteiger partial charge on any atom is -0.342 e. The van der Waals surface area contributed by atoms with Crippen molar-refractivity contribution in [1.82, 2.24) is 19.7 Å². The third-order valence-corrected chi connectivity index (χ3v) is 7.29. The average molecular weight is 399 g/mol. The zero-order valence-corrected chi connectivity index (χ0v) is 17.7. The van der Waals surface area contributed by atoms with Crippen LogP contribution in [-0.2, 0) is 16.0 Å². The van der Waals surface area contributed by atoms with Crippen molar-refractivity contribution in [2.45, 2.75) is 57.9 Å². The summed E-state index contributed by atoms with van der Waals surface area (Å²) in [6, 6.07) is 5.94. The molecule has 1 aromatic heterocycles. The highest BCUT2D eigenvalue weighted by molar-refractivity contribution is 5.81. The van der Waals surface area contributed by atoms with Crippen molar-refractivity contribution in [3.8, 4) is 0 Å². The van der Waals surface area contributed by atoms with Gasteiger partial charge in [-0.3, -0.25) is 19.5 Å². The summed E-state index contributed by atoms with van der Waals surface area (Å²) in [5, 5.41) is 0. The van der Waals surface area contributed by atoms with Gasteiger partial charge in [-0.1, -0.05) is 6.07 Å². The van der Waals surface area contributed by atoms with Crippen LogP contribution in [0.3, 0.4) is 0 Å². The van der Waals surface area contributed by atoms with E-state index in [9.17, 15) is 9.59 Å². The molecule has 0 N–H and O–H groups in total. The molecule has 2 amide bonds. The summed E-state index contributed by atoms with van der Waals surface area (Å²) in [7, 11) is 0. The predicted molar refractivity (Wildman–Crippen MR) is 112 cm³/mol. The Hall–Kier alpha value is -1.95. The van der Waals surface area contributed by atoms with E-state index in [-0.39, 0.29) is 17.4 Å². The highest BCUT2D eigenvalue weighted by atomic mass is 16.2. The molecule has 0 bridgehead atoms. The van der Waals surface area contributed by atoms with Crippen LogP contribution in [0.2, 0.25) is 0 Å². The first-order chi connectivity index (χ1) is 14.1. The molecule has 1 atom stereocenters. The largest absolute Gasteiger partial charge is 0.342 e. The van der Waals surface area contributed by atoms with E-state index in [0.717, 1.165) is 83.5 Å². The fourth-order valence-electron chi connectivity index (χ4n) is 5.25. The summed E-state index contributed by atoms with van der Waals surface area (Å²) in [5.74, 6) is 0.584. The second-order valence-corrected chi connectivity index (χ2v) is 9.13. The van der Waals surface area contributed by atoms with Gasteiger partial charge in [0.25, 0.3) is 0 Å². The van der Waals surface area contributed by atoms with Gasteiger partial charge in [0.15, 0.2) is 0 Å². The Bertz CT molecular complexity index is 709. The van der Waals surface area contributed by atoms with Gasteiger partial charge in [0.2, 0.25) is 11.8 Å². The zero-order chi connectivity index (χ0) is 20.3. The molecule has 4 heterocycles. The van der Waals surface area contributed by atoms with E-state index in [0.29, 0.717) is 12.3 Å². The smallest absolute Gasteiger partial charge is 0.239 e. The van der Waals surface area contributed by atoms with E-state index in [1.165, 1.54) is 0 Å². The topological polar surface area (TPSA) is 56.8 Å². The lowest BCUT2D eigenvalue weighted by molar-refractivity contribution is -0.140. The fourth-order valence-corrected chi connectivity index (χ4v) is 5.25. The standard InChI is InChI=1S/C23H34N4O2/c1-19(22(29)26-13-4-5-14-26)25-16-10-23(11-17-25)9-7-21(28)27(18-23)15-8-20-6-2-3-12-24-20/h2-3,6,12,19H,4-5,7-11,13-18H2,1H3/t19-/m1/s1.